The van der Waals surface area contributed by atoms with Crippen LogP contribution in [0.5, 0.6) is 0 Å². The van der Waals surface area contributed by atoms with Crippen LogP contribution in [0, 0.1) is 11.8 Å². The minimum atomic E-state index is -0.174. The van der Waals surface area contributed by atoms with Crippen LogP contribution in [0.4, 0.5) is 0 Å². The lowest BCUT2D eigenvalue weighted by Crippen LogP contribution is -2.40. The summed E-state index contributed by atoms with van der Waals surface area (Å²) in [6.45, 7) is 0.199. The molecule has 0 bridgehead atoms. The number of carbonyl (C=O) groups is 1. The molecule has 2 rings (SSSR count). The van der Waals surface area contributed by atoms with Gasteiger partial charge in [-0.15, -0.1) is 0 Å². The van der Waals surface area contributed by atoms with Gasteiger partial charge in [0.2, 0.25) is 0 Å². The lowest BCUT2D eigenvalue weighted by atomic mass is 10.1. The van der Waals surface area contributed by atoms with Crippen molar-refractivity contribution in [2.45, 2.75) is 31.7 Å². The molecule has 0 spiro atoms. The highest BCUT2D eigenvalue weighted by Crippen LogP contribution is 2.24. The van der Waals surface area contributed by atoms with Gasteiger partial charge in [-0.25, -0.2) is 0 Å². The second-order valence-electron chi connectivity index (χ2n) is 5.20. The van der Waals surface area contributed by atoms with Crippen molar-refractivity contribution in [1.29, 1.82) is 0 Å². The van der Waals surface area contributed by atoms with E-state index in [0.29, 0.717) is 12.1 Å². The molecule has 0 aromatic heterocycles. The standard InChI is InChI=1S/C17H21NO3/c19-12-3-4-14-7-9-15(10-8-14)17(21)18(11-13-20)16-5-1-2-6-16/h7-10,16,19-20H,1-2,5-6,11-13H2. The fourth-order valence-electron chi connectivity index (χ4n) is 2.78. The largest absolute Gasteiger partial charge is 0.395 e. The van der Waals surface area contributed by atoms with E-state index < -0.39 is 0 Å². The molecule has 0 radical (unpaired) electrons. The van der Waals surface area contributed by atoms with Gasteiger partial charge in [-0.3, -0.25) is 4.79 Å². The van der Waals surface area contributed by atoms with Crippen LogP contribution in [-0.2, 0) is 0 Å². The Labute approximate surface area is 125 Å². The van der Waals surface area contributed by atoms with Gasteiger partial charge in [0, 0.05) is 23.7 Å². The molecule has 1 saturated carbocycles. The SMILES string of the molecule is O=C(c1ccc(C#CCO)cc1)N(CCO)C1CCCC1. The van der Waals surface area contributed by atoms with Crippen LogP contribution in [-0.4, -0.2) is 46.8 Å². The Morgan fingerprint density at radius 2 is 1.86 bits per heavy atom. The Hall–Kier alpha value is -1.83. The molecule has 4 nitrogen and oxygen atoms in total. The third-order valence-electron chi connectivity index (χ3n) is 3.81. The van der Waals surface area contributed by atoms with Gasteiger partial charge in [-0.2, -0.15) is 0 Å². The van der Waals surface area contributed by atoms with Gasteiger partial charge in [0.15, 0.2) is 0 Å². The number of carbonyl (C=O) groups excluding carboxylic acids is 1. The van der Waals surface area contributed by atoms with Gasteiger partial charge >= 0.3 is 0 Å². The topological polar surface area (TPSA) is 60.8 Å². The van der Waals surface area contributed by atoms with Gasteiger partial charge in [-0.05, 0) is 37.1 Å². The summed E-state index contributed by atoms with van der Waals surface area (Å²) in [7, 11) is 0. The molecule has 0 saturated heterocycles. The van der Waals surface area contributed by atoms with Crippen LogP contribution in [0.3, 0.4) is 0 Å². The maximum absolute atomic E-state index is 12.6. The van der Waals surface area contributed by atoms with Crippen LogP contribution >= 0.6 is 0 Å². The first-order valence-electron chi connectivity index (χ1n) is 7.38. The normalized spacial score (nSPS) is 14.6. The van der Waals surface area contributed by atoms with Crippen molar-refractivity contribution < 1.29 is 15.0 Å². The second-order valence-corrected chi connectivity index (χ2v) is 5.20. The predicted molar refractivity (Wildman–Crippen MR) is 80.8 cm³/mol. The Balaban J connectivity index is 2.12. The zero-order valence-corrected chi connectivity index (χ0v) is 12.1. The van der Waals surface area contributed by atoms with Crippen molar-refractivity contribution in [2.75, 3.05) is 19.8 Å². The van der Waals surface area contributed by atoms with Crippen molar-refractivity contribution in [2.24, 2.45) is 0 Å². The van der Waals surface area contributed by atoms with E-state index in [9.17, 15) is 9.90 Å². The number of nitrogens with zero attached hydrogens (tertiary/aromatic N) is 1. The van der Waals surface area contributed by atoms with Gasteiger partial charge in [0.1, 0.15) is 6.61 Å². The highest BCUT2D eigenvalue weighted by molar-refractivity contribution is 5.94. The molecular weight excluding hydrogens is 266 g/mol. The molecule has 21 heavy (non-hydrogen) atoms. The summed E-state index contributed by atoms with van der Waals surface area (Å²) in [6, 6.07) is 7.31. The number of hydrogen-bond acceptors (Lipinski definition) is 3. The first kappa shape index (κ1) is 15.6. The molecular formula is C17H21NO3. The third-order valence-corrected chi connectivity index (χ3v) is 3.81. The Bertz CT molecular complexity index is 521. The lowest BCUT2D eigenvalue weighted by Gasteiger charge is -2.28. The van der Waals surface area contributed by atoms with E-state index in [1.165, 1.54) is 0 Å². The molecule has 112 valence electrons. The Morgan fingerprint density at radius 1 is 1.19 bits per heavy atom. The van der Waals surface area contributed by atoms with Crippen LogP contribution in [0.15, 0.2) is 24.3 Å². The van der Waals surface area contributed by atoms with E-state index in [1.54, 1.807) is 29.2 Å². The molecule has 1 aromatic rings. The summed E-state index contributed by atoms with van der Waals surface area (Å²) in [5.41, 5.74) is 1.39. The van der Waals surface area contributed by atoms with Gasteiger partial charge < -0.3 is 15.1 Å². The summed E-state index contributed by atoms with van der Waals surface area (Å²) in [5.74, 6) is 5.35. The molecule has 1 aromatic carbocycles. The van der Waals surface area contributed by atoms with E-state index in [4.69, 9.17) is 5.11 Å². The number of aliphatic hydroxyl groups excluding tert-OH is 2. The summed E-state index contributed by atoms with van der Waals surface area (Å²) in [5, 5.41) is 17.9. The quantitative estimate of drug-likeness (QED) is 0.823. The molecule has 2 N–H and O–H groups in total. The van der Waals surface area contributed by atoms with Gasteiger partial charge in [-0.1, -0.05) is 24.7 Å². The van der Waals surface area contributed by atoms with Crippen molar-refractivity contribution in [1.82, 2.24) is 4.90 Å². The fraction of sp³-hybridized carbons (Fsp3) is 0.471. The van der Waals surface area contributed by atoms with Crippen molar-refractivity contribution in [3.63, 3.8) is 0 Å². The molecule has 0 aliphatic heterocycles. The zero-order chi connectivity index (χ0) is 15.1. The smallest absolute Gasteiger partial charge is 0.254 e. The Kier molecular flexibility index (Phi) is 5.79. The number of amides is 1. The molecule has 0 unspecified atom stereocenters. The number of rotatable bonds is 4. The first-order valence-corrected chi connectivity index (χ1v) is 7.38. The minimum Gasteiger partial charge on any atom is -0.395 e. The predicted octanol–water partition coefficient (Wildman–Crippen LogP) is 1.41. The lowest BCUT2D eigenvalue weighted by molar-refractivity contribution is 0.0638. The molecule has 0 atom stereocenters. The molecule has 1 fully saturated rings. The van der Waals surface area contributed by atoms with Crippen molar-refractivity contribution in [3.8, 4) is 11.8 Å². The highest BCUT2D eigenvalue weighted by atomic mass is 16.3. The summed E-state index contributed by atoms with van der Waals surface area (Å²) >= 11 is 0. The fourth-order valence-corrected chi connectivity index (χ4v) is 2.78. The Morgan fingerprint density at radius 3 is 2.43 bits per heavy atom. The van der Waals surface area contributed by atoms with E-state index in [2.05, 4.69) is 11.8 Å². The van der Waals surface area contributed by atoms with Crippen LogP contribution < -0.4 is 0 Å². The first-order chi connectivity index (χ1) is 10.3. The average molecular weight is 287 g/mol. The maximum atomic E-state index is 12.6. The number of aliphatic hydroxyl groups is 2. The van der Waals surface area contributed by atoms with Crippen molar-refractivity contribution >= 4 is 5.91 Å². The van der Waals surface area contributed by atoms with Gasteiger partial charge in [0.25, 0.3) is 5.91 Å². The molecule has 1 aliphatic carbocycles. The molecule has 0 heterocycles. The maximum Gasteiger partial charge on any atom is 0.254 e. The zero-order valence-electron chi connectivity index (χ0n) is 12.1. The number of benzene rings is 1. The molecule has 1 aliphatic rings. The molecule has 4 heteroatoms. The van der Waals surface area contributed by atoms with E-state index >= 15 is 0 Å². The van der Waals surface area contributed by atoms with Crippen molar-refractivity contribution in [3.05, 3.63) is 35.4 Å². The third kappa shape index (κ3) is 4.07. The number of hydrogen-bond donors (Lipinski definition) is 2. The highest BCUT2D eigenvalue weighted by Gasteiger charge is 2.26. The summed E-state index contributed by atoms with van der Waals surface area (Å²) in [6.07, 6.45) is 4.34. The second kappa shape index (κ2) is 7.82. The summed E-state index contributed by atoms with van der Waals surface area (Å²) < 4.78 is 0. The van der Waals surface area contributed by atoms with Crippen LogP contribution in [0.2, 0.25) is 0 Å². The average Bonchev–Trinajstić information content (AvgIpc) is 3.04. The van der Waals surface area contributed by atoms with E-state index in [1.807, 2.05) is 0 Å². The minimum absolute atomic E-state index is 0.0116. The van der Waals surface area contributed by atoms with E-state index in [-0.39, 0.29) is 25.2 Å². The van der Waals surface area contributed by atoms with E-state index in [0.717, 1.165) is 31.2 Å². The van der Waals surface area contributed by atoms with Gasteiger partial charge in [0.05, 0.1) is 6.61 Å². The van der Waals surface area contributed by atoms with Crippen LogP contribution in [0.25, 0.3) is 0 Å². The molecule has 1 amide bonds. The monoisotopic (exact) mass is 287 g/mol. The van der Waals surface area contributed by atoms with Crippen LogP contribution in [0.1, 0.15) is 41.6 Å². The summed E-state index contributed by atoms with van der Waals surface area (Å²) in [4.78, 5) is 14.4.